The fourth-order valence-electron chi connectivity index (χ4n) is 3.00. The van der Waals surface area contributed by atoms with Crippen molar-refractivity contribution in [1.82, 2.24) is 4.90 Å². The molecule has 150 valence electrons. The van der Waals surface area contributed by atoms with Crippen LogP contribution < -0.4 is 10.1 Å². The molecule has 5 nitrogen and oxygen atoms in total. The largest absolute Gasteiger partial charge is 0.484 e. The Balaban J connectivity index is 1.59. The number of ether oxygens (including phenoxy) is 1. The number of hydrogen-bond acceptors (Lipinski definition) is 4. The van der Waals surface area contributed by atoms with Gasteiger partial charge in [0.15, 0.2) is 6.61 Å². The predicted octanol–water partition coefficient (Wildman–Crippen LogP) is 4.18. The summed E-state index contributed by atoms with van der Waals surface area (Å²) in [5, 5.41) is 4.54. The van der Waals surface area contributed by atoms with Crippen molar-refractivity contribution in [2.75, 3.05) is 25.0 Å². The molecule has 0 bridgehead atoms. The van der Waals surface area contributed by atoms with E-state index in [1.54, 1.807) is 23.1 Å². The third kappa shape index (κ3) is 5.48. The molecule has 0 radical (unpaired) electrons. The first kappa shape index (κ1) is 20.2. The number of nitrogens with zero attached hydrogens (tertiary/aromatic N) is 1. The number of nitrogens with one attached hydrogen (secondary N) is 1. The fraction of sp³-hybridized carbons (Fsp3) is 0.368. The molecule has 2 aromatic rings. The van der Waals surface area contributed by atoms with E-state index in [2.05, 4.69) is 5.32 Å². The topological polar surface area (TPSA) is 58.6 Å². The molecule has 1 saturated heterocycles. The minimum atomic E-state index is -4.43. The van der Waals surface area contributed by atoms with Crippen molar-refractivity contribution in [3.8, 4) is 5.75 Å². The van der Waals surface area contributed by atoms with E-state index in [0.717, 1.165) is 0 Å². The van der Waals surface area contributed by atoms with Crippen molar-refractivity contribution in [3.05, 3.63) is 46.7 Å². The average Bonchev–Trinajstić information content (AvgIpc) is 3.20. The molecular weight excluding hydrogens is 393 g/mol. The molecule has 28 heavy (non-hydrogen) atoms. The van der Waals surface area contributed by atoms with Crippen LogP contribution in [0.15, 0.2) is 41.8 Å². The van der Waals surface area contributed by atoms with Crippen molar-refractivity contribution in [1.29, 1.82) is 0 Å². The predicted molar refractivity (Wildman–Crippen MR) is 99.6 cm³/mol. The van der Waals surface area contributed by atoms with Crippen LogP contribution in [0, 0.1) is 5.92 Å². The maximum atomic E-state index is 12.6. The summed E-state index contributed by atoms with van der Waals surface area (Å²) in [5.41, 5.74) is 0.353. The average molecular weight is 412 g/mol. The molecule has 1 aromatic carbocycles. The molecule has 1 aromatic heterocycles. The lowest BCUT2D eigenvalue weighted by Crippen LogP contribution is -2.43. The third-order valence-electron chi connectivity index (χ3n) is 4.32. The molecule has 2 heterocycles. The molecule has 2 amide bonds. The van der Waals surface area contributed by atoms with Gasteiger partial charge in [-0.1, -0.05) is 12.1 Å². The number of benzene rings is 1. The first-order valence-electron chi connectivity index (χ1n) is 8.75. The van der Waals surface area contributed by atoms with Gasteiger partial charge in [0, 0.05) is 24.8 Å². The lowest BCUT2D eigenvalue weighted by molar-refractivity contribution is -0.153. The third-order valence-corrected chi connectivity index (χ3v) is 5.17. The zero-order chi connectivity index (χ0) is 20.1. The number of thiophene rings is 1. The second-order valence-electron chi connectivity index (χ2n) is 6.49. The fourth-order valence-corrected chi connectivity index (χ4v) is 3.70. The molecule has 1 N–H and O–H groups in total. The van der Waals surface area contributed by atoms with Gasteiger partial charge in [0.2, 0.25) is 5.91 Å². The van der Waals surface area contributed by atoms with E-state index in [-0.39, 0.29) is 23.5 Å². The Hall–Kier alpha value is -2.55. The van der Waals surface area contributed by atoms with Gasteiger partial charge >= 0.3 is 6.18 Å². The van der Waals surface area contributed by atoms with E-state index in [4.69, 9.17) is 4.74 Å². The first-order valence-corrected chi connectivity index (χ1v) is 9.63. The van der Waals surface area contributed by atoms with Crippen LogP contribution in [0.2, 0.25) is 0 Å². The highest BCUT2D eigenvalue weighted by Crippen LogP contribution is 2.24. The second-order valence-corrected chi connectivity index (χ2v) is 7.44. The number of rotatable bonds is 5. The summed E-state index contributed by atoms with van der Waals surface area (Å²) in [6.45, 7) is -0.485. The number of hydrogen-bond donors (Lipinski definition) is 1. The van der Waals surface area contributed by atoms with Crippen LogP contribution in [0.3, 0.4) is 0 Å². The summed E-state index contributed by atoms with van der Waals surface area (Å²) in [7, 11) is 0. The van der Waals surface area contributed by atoms with Crippen LogP contribution in [0.5, 0.6) is 5.75 Å². The smallest absolute Gasteiger partial charge is 0.422 e. The van der Waals surface area contributed by atoms with Crippen LogP contribution in [0.1, 0.15) is 22.5 Å². The highest BCUT2D eigenvalue weighted by Gasteiger charge is 2.30. The zero-order valence-corrected chi connectivity index (χ0v) is 15.7. The lowest BCUT2D eigenvalue weighted by atomic mass is 9.97. The first-order chi connectivity index (χ1) is 13.3. The number of anilines is 1. The highest BCUT2D eigenvalue weighted by molar-refractivity contribution is 7.12. The number of carbonyl (C=O) groups is 2. The highest BCUT2D eigenvalue weighted by atomic mass is 32.1. The van der Waals surface area contributed by atoms with E-state index in [9.17, 15) is 22.8 Å². The Morgan fingerprint density at radius 3 is 2.79 bits per heavy atom. The van der Waals surface area contributed by atoms with Gasteiger partial charge in [0.25, 0.3) is 5.91 Å². The number of piperidine rings is 1. The minimum absolute atomic E-state index is 0.0215. The molecule has 3 rings (SSSR count). The molecule has 1 aliphatic heterocycles. The molecule has 0 saturated carbocycles. The number of likely N-dealkylation sites (tertiary alicyclic amines) is 1. The van der Waals surface area contributed by atoms with Gasteiger partial charge in [-0.25, -0.2) is 0 Å². The maximum absolute atomic E-state index is 12.6. The van der Waals surface area contributed by atoms with Crippen molar-refractivity contribution in [3.63, 3.8) is 0 Å². The Morgan fingerprint density at radius 2 is 2.07 bits per heavy atom. The molecule has 0 aliphatic carbocycles. The van der Waals surface area contributed by atoms with Crippen LogP contribution in [0.4, 0.5) is 18.9 Å². The van der Waals surface area contributed by atoms with Crippen molar-refractivity contribution < 1.29 is 27.5 Å². The summed E-state index contributed by atoms with van der Waals surface area (Å²) in [4.78, 5) is 27.4. The van der Waals surface area contributed by atoms with Crippen molar-refractivity contribution in [2.45, 2.75) is 19.0 Å². The molecule has 1 atom stereocenters. The van der Waals surface area contributed by atoms with Gasteiger partial charge in [0.05, 0.1) is 10.8 Å². The summed E-state index contributed by atoms with van der Waals surface area (Å²) in [6, 6.07) is 9.39. The Kier molecular flexibility index (Phi) is 6.23. The molecule has 1 fully saturated rings. The van der Waals surface area contributed by atoms with Crippen LogP contribution in [-0.2, 0) is 4.79 Å². The van der Waals surface area contributed by atoms with Gasteiger partial charge < -0.3 is 15.0 Å². The molecule has 0 spiro atoms. The lowest BCUT2D eigenvalue weighted by Gasteiger charge is -2.31. The van der Waals surface area contributed by atoms with Crippen LogP contribution >= 0.6 is 11.3 Å². The molecule has 9 heteroatoms. The summed E-state index contributed by atoms with van der Waals surface area (Å²) < 4.78 is 41.5. The van der Waals surface area contributed by atoms with Gasteiger partial charge in [-0.05, 0) is 36.4 Å². The van der Waals surface area contributed by atoms with Gasteiger partial charge in [-0.2, -0.15) is 13.2 Å². The number of alkyl halides is 3. The van der Waals surface area contributed by atoms with Crippen LogP contribution in [0.25, 0.3) is 0 Å². The molecule has 1 aliphatic rings. The summed E-state index contributed by atoms with van der Waals surface area (Å²) in [5.74, 6) is -0.711. The Labute approximate surface area is 164 Å². The summed E-state index contributed by atoms with van der Waals surface area (Å²) >= 11 is 1.36. The number of halogens is 3. The van der Waals surface area contributed by atoms with E-state index in [0.29, 0.717) is 36.5 Å². The van der Waals surface area contributed by atoms with Crippen LogP contribution in [-0.4, -0.2) is 42.6 Å². The quantitative estimate of drug-likeness (QED) is 0.802. The normalized spacial score (nSPS) is 17.2. The van der Waals surface area contributed by atoms with Crippen molar-refractivity contribution in [2.24, 2.45) is 5.92 Å². The minimum Gasteiger partial charge on any atom is -0.484 e. The SMILES string of the molecule is O=C(Nc1cccc(OCC(F)(F)F)c1)C1CCCN(C(=O)c2cccs2)C1. The van der Waals surface area contributed by atoms with Gasteiger partial charge in [-0.15, -0.1) is 11.3 Å². The Morgan fingerprint density at radius 1 is 1.25 bits per heavy atom. The Bertz CT molecular complexity index is 824. The monoisotopic (exact) mass is 412 g/mol. The number of amides is 2. The maximum Gasteiger partial charge on any atom is 0.422 e. The van der Waals surface area contributed by atoms with E-state index in [1.807, 2.05) is 5.38 Å². The van der Waals surface area contributed by atoms with Crippen molar-refractivity contribution >= 4 is 28.8 Å². The van der Waals surface area contributed by atoms with Gasteiger partial charge in [0.1, 0.15) is 5.75 Å². The zero-order valence-electron chi connectivity index (χ0n) is 14.9. The molecular formula is C19H19F3N2O3S. The van der Waals surface area contributed by atoms with E-state index in [1.165, 1.54) is 29.5 Å². The van der Waals surface area contributed by atoms with E-state index < -0.39 is 12.8 Å². The van der Waals surface area contributed by atoms with E-state index >= 15 is 0 Å². The molecule has 1 unspecified atom stereocenters. The number of carbonyl (C=O) groups excluding carboxylic acids is 2. The summed E-state index contributed by atoms with van der Waals surface area (Å²) in [6.07, 6.45) is -3.08. The van der Waals surface area contributed by atoms with Gasteiger partial charge in [-0.3, -0.25) is 9.59 Å². The second kappa shape index (κ2) is 8.64. The standard InChI is InChI=1S/C19H19F3N2O3S/c20-19(21,22)12-27-15-6-1-5-14(10-15)23-17(25)13-4-2-8-24(11-13)18(26)16-7-3-9-28-16/h1,3,5-7,9-10,13H,2,4,8,11-12H2,(H,23,25).